The van der Waals surface area contributed by atoms with Gasteiger partial charge in [0, 0.05) is 0 Å². The number of aliphatic hydroxyl groups is 8. The number of ether oxygens (including phenoxy) is 3. The van der Waals surface area contributed by atoms with Crippen LogP contribution in [0.3, 0.4) is 0 Å². The first-order valence-corrected chi connectivity index (χ1v) is 7.58. The van der Waals surface area contributed by atoms with Crippen molar-refractivity contribution in [3.05, 3.63) is 0 Å². The molecular formula is C13H22O11. The third-order valence-electron chi connectivity index (χ3n) is 4.99. The van der Waals surface area contributed by atoms with Crippen LogP contribution in [-0.2, 0) is 14.2 Å². The standard InChI is InChI=1S/C13H22O11/c14-1-3-5(16)6(17)7(18)8(22-3)10(20)13-9(19)4(2-15)23-12(21)11(13)24-13/h3-12,14-21H,1-2H2/t3-,4-,5-,6+,7-,8-,9-,10+,11+,12-,13-/m1/s1. The second-order valence-corrected chi connectivity index (χ2v) is 6.32. The summed E-state index contributed by atoms with van der Waals surface area (Å²) in [7, 11) is 0. The average Bonchev–Trinajstić information content (AvgIpc) is 3.34. The zero-order valence-corrected chi connectivity index (χ0v) is 12.5. The van der Waals surface area contributed by atoms with E-state index >= 15 is 0 Å². The number of aliphatic hydroxyl groups excluding tert-OH is 8. The molecule has 0 aromatic rings. The zero-order valence-electron chi connectivity index (χ0n) is 12.5. The molecule has 3 aliphatic heterocycles. The summed E-state index contributed by atoms with van der Waals surface area (Å²) < 4.78 is 15.4. The Morgan fingerprint density at radius 1 is 0.833 bits per heavy atom. The van der Waals surface area contributed by atoms with E-state index in [0.717, 1.165) is 0 Å². The van der Waals surface area contributed by atoms with Gasteiger partial charge in [-0.3, -0.25) is 0 Å². The van der Waals surface area contributed by atoms with Crippen LogP contribution in [0.1, 0.15) is 0 Å². The maximum absolute atomic E-state index is 10.6. The summed E-state index contributed by atoms with van der Waals surface area (Å²) in [6.45, 7) is -1.34. The molecule has 0 aromatic carbocycles. The molecule has 0 aliphatic carbocycles. The second-order valence-electron chi connectivity index (χ2n) is 6.32. The molecule has 11 atom stereocenters. The molecule has 140 valence electrons. The lowest BCUT2D eigenvalue weighted by Gasteiger charge is -2.45. The van der Waals surface area contributed by atoms with Gasteiger partial charge in [0.25, 0.3) is 0 Å². The van der Waals surface area contributed by atoms with Crippen LogP contribution in [0.5, 0.6) is 0 Å². The zero-order chi connectivity index (χ0) is 17.8. The van der Waals surface area contributed by atoms with Crippen molar-refractivity contribution in [2.75, 3.05) is 13.2 Å². The van der Waals surface area contributed by atoms with Crippen LogP contribution in [0.2, 0.25) is 0 Å². The molecule has 0 aromatic heterocycles. The molecule has 8 N–H and O–H groups in total. The average molecular weight is 354 g/mol. The minimum atomic E-state index is -1.78. The molecule has 0 bridgehead atoms. The van der Waals surface area contributed by atoms with Gasteiger partial charge in [0.05, 0.1) is 13.2 Å². The van der Waals surface area contributed by atoms with E-state index in [9.17, 15) is 40.9 Å². The summed E-state index contributed by atoms with van der Waals surface area (Å²) in [6.07, 6.45) is -15.0. The van der Waals surface area contributed by atoms with Crippen LogP contribution in [0, 0.1) is 0 Å². The molecule has 0 unspecified atom stereocenters. The van der Waals surface area contributed by atoms with Crippen LogP contribution in [0.4, 0.5) is 0 Å². The first-order chi connectivity index (χ1) is 11.3. The maximum atomic E-state index is 10.6. The van der Waals surface area contributed by atoms with Crippen LogP contribution < -0.4 is 0 Å². The molecule has 0 spiro atoms. The van der Waals surface area contributed by atoms with Crippen molar-refractivity contribution in [1.82, 2.24) is 0 Å². The van der Waals surface area contributed by atoms with Crippen molar-refractivity contribution in [3.8, 4) is 0 Å². The number of rotatable bonds is 4. The highest BCUT2D eigenvalue weighted by molar-refractivity contribution is 5.20. The van der Waals surface area contributed by atoms with E-state index in [4.69, 9.17) is 14.2 Å². The fourth-order valence-corrected chi connectivity index (χ4v) is 3.52. The van der Waals surface area contributed by atoms with Gasteiger partial charge in [-0.2, -0.15) is 0 Å². The molecular weight excluding hydrogens is 332 g/mol. The van der Waals surface area contributed by atoms with Crippen molar-refractivity contribution in [2.24, 2.45) is 0 Å². The Hall–Kier alpha value is -0.440. The monoisotopic (exact) mass is 354 g/mol. The lowest BCUT2D eigenvalue weighted by molar-refractivity contribution is -0.268. The van der Waals surface area contributed by atoms with E-state index < -0.39 is 80.0 Å². The number of fused-ring (bicyclic) bond motifs is 1. The quantitative estimate of drug-likeness (QED) is 0.224. The number of hydrogen-bond acceptors (Lipinski definition) is 11. The van der Waals surface area contributed by atoms with E-state index in [0.29, 0.717) is 0 Å². The minimum Gasteiger partial charge on any atom is -0.394 e. The first-order valence-electron chi connectivity index (χ1n) is 7.58. The summed E-state index contributed by atoms with van der Waals surface area (Å²) in [6, 6.07) is 0. The Labute approximate surface area is 136 Å². The van der Waals surface area contributed by atoms with Crippen molar-refractivity contribution < 1.29 is 55.1 Å². The Morgan fingerprint density at radius 3 is 2.04 bits per heavy atom. The Morgan fingerprint density at radius 2 is 1.46 bits per heavy atom. The normalized spacial score (nSPS) is 55.8. The van der Waals surface area contributed by atoms with Gasteiger partial charge in [0.15, 0.2) is 11.9 Å². The Balaban J connectivity index is 1.84. The molecule has 3 fully saturated rings. The third-order valence-corrected chi connectivity index (χ3v) is 4.99. The molecule has 0 radical (unpaired) electrons. The van der Waals surface area contributed by atoms with Crippen molar-refractivity contribution in [3.63, 3.8) is 0 Å². The van der Waals surface area contributed by atoms with Gasteiger partial charge in [-0.05, 0) is 0 Å². The topological polar surface area (TPSA) is 193 Å². The molecule has 11 heteroatoms. The van der Waals surface area contributed by atoms with E-state index in [1.165, 1.54) is 0 Å². The Bertz CT molecular complexity index is 461. The number of epoxide rings is 1. The van der Waals surface area contributed by atoms with Gasteiger partial charge >= 0.3 is 0 Å². The third kappa shape index (κ3) is 2.48. The van der Waals surface area contributed by atoms with Gasteiger partial charge in [-0.15, -0.1) is 0 Å². The fraction of sp³-hybridized carbons (Fsp3) is 1.00. The van der Waals surface area contributed by atoms with Crippen LogP contribution in [-0.4, -0.2) is 121 Å². The summed E-state index contributed by atoms with van der Waals surface area (Å²) in [5.41, 5.74) is -1.78. The summed E-state index contributed by atoms with van der Waals surface area (Å²) in [5, 5.41) is 78.7. The molecule has 0 amide bonds. The lowest BCUT2D eigenvalue weighted by atomic mass is 9.80. The maximum Gasteiger partial charge on any atom is 0.184 e. The van der Waals surface area contributed by atoms with E-state index in [-0.39, 0.29) is 0 Å². The van der Waals surface area contributed by atoms with Crippen LogP contribution in [0.15, 0.2) is 0 Å². The highest BCUT2D eigenvalue weighted by Crippen LogP contribution is 2.51. The van der Waals surface area contributed by atoms with Gasteiger partial charge in [0.1, 0.15) is 54.9 Å². The predicted octanol–water partition coefficient (Wildman–Crippen LogP) is -5.60. The fourth-order valence-electron chi connectivity index (χ4n) is 3.52. The van der Waals surface area contributed by atoms with Crippen molar-refractivity contribution in [1.29, 1.82) is 0 Å². The summed E-state index contributed by atoms with van der Waals surface area (Å²) in [5.74, 6) is 0. The molecule has 3 aliphatic rings. The molecule has 0 saturated carbocycles. The van der Waals surface area contributed by atoms with Gasteiger partial charge in [0.2, 0.25) is 0 Å². The SMILES string of the molecule is OC[C@H]1O[C@@H]([C@H](O)[C@@]23O[C@H]2[C@H](O)O[C@H](CO)[C@H]3O)[C@H](O)[C@@H](O)[C@@H]1O. The molecule has 3 rings (SSSR count). The predicted molar refractivity (Wildman–Crippen MR) is 71.4 cm³/mol. The molecule has 3 saturated heterocycles. The molecule has 24 heavy (non-hydrogen) atoms. The largest absolute Gasteiger partial charge is 0.394 e. The minimum absolute atomic E-state index is 0.655. The van der Waals surface area contributed by atoms with E-state index in [2.05, 4.69) is 0 Å². The highest BCUT2D eigenvalue weighted by atomic mass is 16.7. The van der Waals surface area contributed by atoms with E-state index in [1.54, 1.807) is 0 Å². The van der Waals surface area contributed by atoms with Crippen LogP contribution >= 0.6 is 0 Å². The highest BCUT2D eigenvalue weighted by Gasteiger charge is 2.75. The second kappa shape index (κ2) is 6.37. The summed E-state index contributed by atoms with van der Waals surface area (Å²) >= 11 is 0. The van der Waals surface area contributed by atoms with Gasteiger partial charge in [-0.1, -0.05) is 0 Å². The van der Waals surface area contributed by atoms with Gasteiger partial charge in [-0.25, -0.2) is 0 Å². The molecule has 11 nitrogen and oxygen atoms in total. The summed E-state index contributed by atoms with van der Waals surface area (Å²) in [4.78, 5) is 0. The van der Waals surface area contributed by atoms with Crippen molar-refractivity contribution >= 4 is 0 Å². The van der Waals surface area contributed by atoms with Gasteiger partial charge < -0.3 is 55.1 Å². The van der Waals surface area contributed by atoms with Crippen LogP contribution in [0.25, 0.3) is 0 Å². The van der Waals surface area contributed by atoms with Crippen molar-refractivity contribution in [2.45, 2.75) is 66.8 Å². The molecule has 3 heterocycles. The smallest absolute Gasteiger partial charge is 0.184 e. The lowest BCUT2D eigenvalue weighted by Crippen LogP contribution is -2.67. The number of hydrogen-bond donors (Lipinski definition) is 8. The Kier molecular flexibility index (Phi) is 4.87. The first kappa shape index (κ1) is 18.4. The van der Waals surface area contributed by atoms with E-state index in [1.807, 2.05) is 0 Å².